The molecule has 0 aromatic heterocycles. The zero-order valence-corrected chi connectivity index (χ0v) is 7.53. The minimum Gasteiger partial charge on any atom is -0.393 e. The molecule has 68 valence electrons. The number of hydrogen-bond donors (Lipinski definition) is 1. The molecule has 3 unspecified atom stereocenters. The van der Waals surface area contributed by atoms with E-state index in [1.54, 1.807) is 0 Å². The molecule has 0 spiro atoms. The van der Waals surface area contributed by atoms with E-state index in [0.29, 0.717) is 11.8 Å². The predicted molar refractivity (Wildman–Crippen MR) is 45.9 cm³/mol. The molecule has 1 heterocycles. The first-order valence-electron chi connectivity index (χ1n) is 4.60. The summed E-state index contributed by atoms with van der Waals surface area (Å²) in [6, 6.07) is 0. The van der Waals surface area contributed by atoms with Gasteiger partial charge in [-0.05, 0) is 12.3 Å². The molecule has 2 aliphatic rings. The maximum atomic E-state index is 9.40. The first-order valence-corrected chi connectivity index (χ1v) is 4.60. The molecule has 1 aliphatic heterocycles. The Morgan fingerprint density at radius 1 is 1.50 bits per heavy atom. The van der Waals surface area contributed by atoms with Crippen LogP contribution in [-0.4, -0.2) is 23.0 Å². The lowest BCUT2D eigenvalue weighted by Gasteiger charge is -2.10. The molecule has 0 aromatic carbocycles. The Morgan fingerprint density at radius 3 is 2.92 bits per heavy atom. The van der Waals surface area contributed by atoms with Gasteiger partial charge in [-0.25, -0.2) is 0 Å². The normalized spacial score (nSPS) is 39.7. The van der Waals surface area contributed by atoms with Gasteiger partial charge in [-0.1, -0.05) is 19.0 Å². The number of nitrogens with zero attached hydrogens (tertiary/aromatic N) is 1. The molecule has 1 N–H and O–H groups in total. The molecule has 1 aliphatic carbocycles. The molecule has 0 bridgehead atoms. The van der Waals surface area contributed by atoms with E-state index in [-0.39, 0.29) is 12.2 Å². The maximum absolute atomic E-state index is 9.40. The molecule has 0 amide bonds. The number of rotatable bonds is 1. The Morgan fingerprint density at radius 2 is 2.25 bits per heavy atom. The van der Waals surface area contributed by atoms with Crippen molar-refractivity contribution < 1.29 is 9.94 Å². The first-order chi connectivity index (χ1) is 5.68. The van der Waals surface area contributed by atoms with E-state index in [1.807, 2.05) is 0 Å². The van der Waals surface area contributed by atoms with Gasteiger partial charge in [0.2, 0.25) is 0 Å². The van der Waals surface area contributed by atoms with E-state index in [9.17, 15) is 5.11 Å². The van der Waals surface area contributed by atoms with Gasteiger partial charge < -0.3 is 9.94 Å². The smallest absolute Gasteiger partial charge is 0.138 e. The van der Waals surface area contributed by atoms with Crippen molar-refractivity contribution in [2.75, 3.05) is 0 Å². The highest BCUT2D eigenvalue weighted by atomic mass is 16.6. The Hall–Kier alpha value is -0.570. The van der Waals surface area contributed by atoms with Crippen LogP contribution < -0.4 is 0 Å². The van der Waals surface area contributed by atoms with Gasteiger partial charge in [0, 0.05) is 12.3 Å². The molecule has 1 saturated carbocycles. The van der Waals surface area contributed by atoms with Gasteiger partial charge in [0.05, 0.1) is 11.8 Å². The van der Waals surface area contributed by atoms with E-state index in [1.165, 1.54) is 0 Å². The zero-order chi connectivity index (χ0) is 8.72. The number of hydrogen-bond acceptors (Lipinski definition) is 3. The van der Waals surface area contributed by atoms with Gasteiger partial charge in [-0.3, -0.25) is 0 Å². The SMILES string of the molecule is CC(C)C1=NOC2CC(O)CC12. The van der Waals surface area contributed by atoms with Crippen molar-refractivity contribution in [1.29, 1.82) is 0 Å². The average Bonchev–Trinajstić information content (AvgIpc) is 2.43. The molecular formula is C9H15NO2. The lowest BCUT2D eigenvalue weighted by atomic mass is 9.92. The van der Waals surface area contributed by atoms with E-state index < -0.39 is 0 Å². The molecule has 3 nitrogen and oxygen atoms in total. The zero-order valence-electron chi connectivity index (χ0n) is 7.53. The lowest BCUT2D eigenvalue weighted by molar-refractivity contribution is 0.0615. The summed E-state index contributed by atoms with van der Waals surface area (Å²) in [6.07, 6.45) is 1.58. The van der Waals surface area contributed by atoms with Crippen LogP contribution in [0.25, 0.3) is 0 Å². The molecule has 1 fully saturated rings. The van der Waals surface area contributed by atoms with E-state index in [4.69, 9.17) is 4.84 Å². The molecule has 0 aromatic rings. The van der Waals surface area contributed by atoms with Crippen molar-refractivity contribution in [3.63, 3.8) is 0 Å². The van der Waals surface area contributed by atoms with Crippen LogP contribution in [0.5, 0.6) is 0 Å². The molecule has 0 saturated heterocycles. The van der Waals surface area contributed by atoms with Crippen LogP contribution in [-0.2, 0) is 4.84 Å². The van der Waals surface area contributed by atoms with Gasteiger partial charge in [-0.15, -0.1) is 0 Å². The van der Waals surface area contributed by atoms with Crippen LogP contribution in [0.4, 0.5) is 0 Å². The third-order valence-corrected chi connectivity index (χ3v) is 2.74. The van der Waals surface area contributed by atoms with Crippen molar-refractivity contribution in [1.82, 2.24) is 0 Å². The predicted octanol–water partition coefficient (Wildman–Crippen LogP) is 1.17. The van der Waals surface area contributed by atoms with Crippen LogP contribution in [0.1, 0.15) is 26.7 Å². The number of aliphatic hydroxyl groups is 1. The van der Waals surface area contributed by atoms with Crippen molar-refractivity contribution in [3.05, 3.63) is 0 Å². The lowest BCUT2D eigenvalue weighted by Crippen LogP contribution is -2.20. The van der Waals surface area contributed by atoms with Crippen LogP contribution in [0.15, 0.2) is 5.16 Å². The van der Waals surface area contributed by atoms with Gasteiger partial charge in [0.1, 0.15) is 6.10 Å². The standard InChI is InChI=1S/C9H15NO2/c1-5(2)9-7-3-6(11)4-8(7)12-10-9/h5-8,11H,3-4H2,1-2H3. The number of aliphatic hydroxyl groups excluding tert-OH is 1. The Labute approximate surface area is 72.4 Å². The summed E-state index contributed by atoms with van der Waals surface area (Å²) in [5, 5.41) is 13.5. The fourth-order valence-corrected chi connectivity index (χ4v) is 2.13. The third-order valence-electron chi connectivity index (χ3n) is 2.74. The average molecular weight is 169 g/mol. The fourth-order valence-electron chi connectivity index (χ4n) is 2.13. The summed E-state index contributed by atoms with van der Waals surface area (Å²) in [4.78, 5) is 5.25. The molecule has 12 heavy (non-hydrogen) atoms. The van der Waals surface area contributed by atoms with Crippen molar-refractivity contribution >= 4 is 5.71 Å². The third kappa shape index (κ3) is 1.12. The summed E-state index contributed by atoms with van der Waals surface area (Å²) < 4.78 is 0. The van der Waals surface area contributed by atoms with Gasteiger partial charge in [0.25, 0.3) is 0 Å². The topological polar surface area (TPSA) is 41.8 Å². The molecule has 0 radical (unpaired) electrons. The van der Waals surface area contributed by atoms with Crippen LogP contribution >= 0.6 is 0 Å². The Kier molecular flexibility index (Phi) is 1.83. The second kappa shape index (κ2) is 2.73. The summed E-state index contributed by atoms with van der Waals surface area (Å²) >= 11 is 0. The minimum absolute atomic E-state index is 0.164. The Balaban J connectivity index is 2.10. The fraction of sp³-hybridized carbons (Fsp3) is 0.889. The molecule has 3 atom stereocenters. The van der Waals surface area contributed by atoms with Crippen LogP contribution in [0.3, 0.4) is 0 Å². The number of fused-ring (bicyclic) bond motifs is 1. The van der Waals surface area contributed by atoms with E-state index in [2.05, 4.69) is 19.0 Å². The highest BCUT2D eigenvalue weighted by Gasteiger charge is 2.42. The van der Waals surface area contributed by atoms with Crippen molar-refractivity contribution in [3.8, 4) is 0 Å². The minimum atomic E-state index is -0.177. The summed E-state index contributed by atoms with van der Waals surface area (Å²) in [5.41, 5.74) is 1.14. The summed E-state index contributed by atoms with van der Waals surface area (Å²) in [6.45, 7) is 4.24. The van der Waals surface area contributed by atoms with E-state index >= 15 is 0 Å². The van der Waals surface area contributed by atoms with Crippen LogP contribution in [0, 0.1) is 11.8 Å². The summed E-state index contributed by atoms with van der Waals surface area (Å²) in [5.74, 6) is 0.838. The summed E-state index contributed by atoms with van der Waals surface area (Å²) in [7, 11) is 0. The molecule has 2 rings (SSSR count). The first kappa shape index (κ1) is 8.05. The highest BCUT2D eigenvalue weighted by molar-refractivity contribution is 5.89. The number of oxime groups is 1. The highest BCUT2D eigenvalue weighted by Crippen LogP contribution is 2.36. The second-order valence-corrected chi connectivity index (χ2v) is 4.05. The van der Waals surface area contributed by atoms with Gasteiger partial charge in [-0.2, -0.15) is 0 Å². The second-order valence-electron chi connectivity index (χ2n) is 4.05. The quantitative estimate of drug-likeness (QED) is 0.640. The van der Waals surface area contributed by atoms with E-state index in [0.717, 1.165) is 18.6 Å². The maximum Gasteiger partial charge on any atom is 0.138 e. The molecule has 3 heteroatoms. The van der Waals surface area contributed by atoms with Gasteiger partial charge >= 0.3 is 0 Å². The van der Waals surface area contributed by atoms with Crippen molar-refractivity contribution in [2.24, 2.45) is 17.0 Å². The monoisotopic (exact) mass is 169 g/mol. The van der Waals surface area contributed by atoms with Gasteiger partial charge in [0.15, 0.2) is 0 Å². The molecular weight excluding hydrogens is 154 g/mol. The van der Waals surface area contributed by atoms with Crippen molar-refractivity contribution in [2.45, 2.75) is 38.9 Å². The Bertz CT molecular complexity index is 213. The van der Waals surface area contributed by atoms with Crippen LogP contribution in [0.2, 0.25) is 0 Å². The largest absolute Gasteiger partial charge is 0.393 e.